The molecule has 0 spiro atoms. The summed E-state index contributed by atoms with van der Waals surface area (Å²) in [6, 6.07) is 11.6. The second kappa shape index (κ2) is 2.41. The molecule has 0 amide bonds. The van der Waals surface area contributed by atoms with E-state index < -0.39 is 0 Å². The average Bonchev–Trinajstić information content (AvgIpc) is 2.19. The number of nitrogen functional groups attached to an aromatic ring is 2. The van der Waals surface area contributed by atoms with Crippen molar-refractivity contribution in [2.75, 3.05) is 11.5 Å². The summed E-state index contributed by atoms with van der Waals surface area (Å²) >= 11 is 0. The van der Waals surface area contributed by atoms with Gasteiger partial charge in [-0.1, -0.05) is 30.3 Å². The van der Waals surface area contributed by atoms with E-state index in [1.807, 2.05) is 36.4 Å². The Labute approximate surface area is 72.3 Å². The van der Waals surface area contributed by atoms with E-state index in [4.69, 9.17) is 7.15 Å². The number of hydrogen-bond donors (Lipinski definition) is 2. The molecular weight excluding hydrogens is 148 g/mol. The first-order valence-electron chi connectivity index (χ1n) is 4.28. The third kappa shape index (κ3) is 0.889. The van der Waals surface area contributed by atoms with E-state index in [9.17, 15) is 0 Å². The highest BCUT2D eigenvalue weighted by Crippen LogP contribution is 2.25. The number of nitrogens with two attached hydrogens (primary N) is 2. The third-order valence-electron chi connectivity index (χ3n) is 1.97. The number of fused-ring (bicyclic) bond motifs is 1. The van der Waals surface area contributed by atoms with Crippen molar-refractivity contribution in [3.63, 3.8) is 0 Å². The highest BCUT2D eigenvalue weighted by Gasteiger charge is 1.98. The average molecular weight is 159 g/mol. The predicted octanol–water partition coefficient (Wildman–Crippen LogP) is 2.00. The predicted molar refractivity (Wildman–Crippen MR) is 52.8 cm³/mol. The minimum Gasteiger partial charge on any atom is -0.397 e. The zero-order valence-electron chi connectivity index (χ0n) is 7.54. The molecule has 0 saturated carbocycles. The number of rotatable bonds is 1. The van der Waals surface area contributed by atoms with Crippen molar-refractivity contribution < 1.29 is 1.41 Å². The van der Waals surface area contributed by atoms with Crippen molar-refractivity contribution >= 4 is 22.1 Å². The van der Waals surface area contributed by atoms with Gasteiger partial charge in [-0.2, -0.15) is 0 Å². The first-order chi connectivity index (χ1) is 6.33. The maximum atomic E-state index is 7.03. The Balaban J connectivity index is 2.79. The van der Waals surface area contributed by atoms with E-state index in [2.05, 4.69) is 5.73 Å². The van der Waals surface area contributed by atoms with Crippen molar-refractivity contribution in [2.45, 2.75) is 0 Å². The summed E-state index contributed by atoms with van der Waals surface area (Å²) in [5, 5.41) is 2.08. The van der Waals surface area contributed by atoms with Crippen LogP contribution in [0.25, 0.3) is 10.8 Å². The maximum absolute atomic E-state index is 7.03. The molecule has 0 unspecified atom stereocenters. The number of anilines is 2. The van der Waals surface area contributed by atoms with Gasteiger partial charge in [0.1, 0.15) is 0 Å². The molecule has 0 radical (unpaired) electrons. The second-order valence-corrected chi connectivity index (χ2v) is 2.75. The zero-order valence-corrected chi connectivity index (χ0v) is 6.54. The van der Waals surface area contributed by atoms with E-state index in [0.29, 0.717) is 11.4 Å². The van der Waals surface area contributed by atoms with Crippen molar-refractivity contribution in [1.29, 1.82) is 0 Å². The van der Waals surface area contributed by atoms with Crippen LogP contribution < -0.4 is 11.5 Å². The molecule has 0 aliphatic carbocycles. The Kier molecular flexibility index (Phi) is 1.18. The molecule has 0 fully saturated rings. The largest absolute Gasteiger partial charge is 0.397 e. The Morgan fingerprint density at radius 3 is 2.75 bits per heavy atom. The molecule has 0 atom stereocenters. The van der Waals surface area contributed by atoms with Crippen LogP contribution in [-0.4, -0.2) is 0 Å². The molecular formula is C10H10N2. The topological polar surface area (TPSA) is 52.0 Å². The molecule has 0 aliphatic rings. The molecule has 2 rings (SSSR count). The van der Waals surface area contributed by atoms with Crippen molar-refractivity contribution in [3.8, 4) is 0 Å². The lowest BCUT2D eigenvalue weighted by Gasteiger charge is -2.03. The monoisotopic (exact) mass is 159 g/mol. The maximum Gasteiger partial charge on any atom is 0.156 e. The van der Waals surface area contributed by atoms with Gasteiger partial charge in [0.25, 0.3) is 0 Å². The quantitative estimate of drug-likeness (QED) is 0.625. The van der Waals surface area contributed by atoms with Gasteiger partial charge in [0.2, 0.25) is 0 Å². The summed E-state index contributed by atoms with van der Waals surface area (Å²) in [4.78, 5) is 0. The second-order valence-electron chi connectivity index (χ2n) is 2.75. The van der Waals surface area contributed by atoms with Gasteiger partial charge in [-0.3, -0.25) is 0 Å². The van der Waals surface area contributed by atoms with E-state index in [1.165, 1.54) is 0 Å². The first-order valence-corrected chi connectivity index (χ1v) is 3.78. The molecule has 12 heavy (non-hydrogen) atoms. The summed E-state index contributed by atoms with van der Waals surface area (Å²) in [6.07, 6.45) is 0. The van der Waals surface area contributed by atoms with Gasteiger partial charge in [-0.25, -0.2) is 0 Å². The molecule has 4 N–H and O–H groups in total. The summed E-state index contributed by atoms with van der Waals surface area (Å²) in [5.74, 6) is 0. The fraction of sp³-hybridized carbons (Fsp3) is 0. The SMILES string of the molecule is [2H]Nc1ccc2ccccc2c1N. The molecule has 2 heteroatoms. The fourth-order valence-corrected chi connectivity index (χ4v) is 1.30. The fourth-order valence-electron chi connectivity index (χ4n) is 1.30. The lowest BCUT2D eigenvalue weighted by molar-refractivity contribution is 1.71. The van der Waals surface area contributed by atoms with Crippen molar-refractivity contribution in [3.05, 3.63) is 36.4 Å². The molecule has 2 aromatic carbocycles. The van der Waals surface area contributed by atoms with E-state index in [-0.39, 0.29) is 0 Å². The summed E-state index contributed by atoms with van der Waals surface area (Å²) < 4.78 is 7.03. The van der Waals surface area contributed by atoms with Gasteiger partial charge < -0.3 is 11.5 Å². The van der Waals surface area contributed by atoms with Gasteiger partial charge in [0.15, 0.2) is 1.41 Å². The van der Waals surface area contributed by atoms with E-state index in [0.717, 1.165) is 10.8 Å². The van der Waals surface area contributed by atoms with Crippen molar-refractivity contribution in [2.24, 2.45) is 0 Å². The van der Waals surface area contributed by atoms with E-state index in [1.54, 1.807) is 0 Å². The minimum absolute atomic E-state index is 0.633. The Morgan fingerprint density at radius 1 is 1.08 bits per heavy atom. The molecule has 2 aromatic rings. The van der Waals surface area contributed by atoms with Crippen molar-refractivity contribution in [1.82, 2.24) is 0 Å². The first kappa shape index (κ1) is 5.89. The molecule has 0 heterocycles. The molecule has 60 valence electrons. The number of benzene rings is 2. The van der Waals surface area contributed by atoms with Crippen LogP contribution in [0.15, 0.2) is 36.4 Å². The highest BCUT2D eigenvalue weighted by atomic mass is 14.7. The van der Waals surface area contributed by atoms with Crippen LogP contribution in [0.3, 0.4) is 0 Å². The lowest BCUT2D eigenvalue weighted by Crippen LogP contribution is -1.94. The van der Waals surface area contributed by atoms with Crippen LogP contribution in [0.1, 0.15) is 0 Å². The van der Waals surface area contributed by atoms with Crippen LogP contribution in [0, 0.1) is 0 Å². The van der Waals surface area contributed by atoms with Gasteiger partial charge >= 0.3 is 0 Å². The standard InChI is InChI=1S/C10H10N2/c11-9-6-5-7-3-1-2-4-8(7)10(9)12/h1-6H,11-12H2/i/hD. The van der Waals surface area contributed by atoms with Crippen LogP contribution >= 0.6 is 0 Å². The molecule has 0 saturated heterocycles. The van der Waals surface area contributed by atoms with Gasteiger partial charge in [0.05, 0.1) is 11.4 Å². The Hall–Kier alpha value is -1.70. The normalized spacial score (nSPS) is 11.2. The highest BCUT2D eigenvalue weighted by molar-refractivity contribution is 5.98. The van der Waals surface area contributed by atoms with Gasteiger partial charge in [-0.05, 0) is 11.5 Å². The van der Waals surface area contributed by atoms with Crippen LogP contribution in [0.2, 0.25) is 1.41 Å². The van der Waals surface area contributed by atoms with Crippen LogP contribution in [0.4, 0.5) is 11.4 Å². The van der Waals surface area contributed by atoms with Gasteiger partial charge in [0, 0.05) is 5.39 Å². The minimum atomic E-state index is 0.633. The smallest absolute Gasteiger partial charge is 0.156 e. The van der Waals surface area contributed by atoms with Crippen LogP contribution in [0.5, 0.6) is 0 Å². The Morgan fingerprint density at radius 2 is 1.92 bits per heavy atom. The number of hydrogen-bond acceptors (Lipinski definition) is 2. The summed E-state index contributed by atoms with van der Waals surface area (Å²) in [6.45, 7) is 0. The molecule has 0 aliphatic heterocycles. The van der Waals surface area contributed by atoms with E-state index >= 15 is 0 Å². The molecule has 2 nitrogen and oxygen atoms in total. The Bertz CT molecular complexity index is 440. The zero-order chi connectivity index (χ0) is 9.26. The summed E-state index contributed by atoms with van der Waals surface area (Å²) in [7, 11) is 0. The third-order valence-corrected chi connectivity index (χ3v) is 1.97. The molecule has 0 aromatic heterocycles. The van der Waals surface area contributed by atoms with Crippen LogP contribution in [-0.2, 0) is 0 Å². The van der Waals surface area contributed by atoms with Gasteiger partial charge in [-0.15, -0.1) is 0 Å². The lowest BCUT2D eigenvalue weighted by atomic mass is 10.1. The molecule has 0 bridgehead atoms. The summed E-state index contributed by atoms with van der Waals surface area (Å²) in [5.41, 5.74) is 9.44.